The fraction of sp³-hybridized carbons (Fsp3) is 0.231. The number of rotatable bonds is 6. The van der Waals surface area contributed by atoms with Crippen LogP contribution in [0.5, 0.6) is 0 Å². The molecule has 0 unspecified atom stereocenters. The van der Waals surface area contributed by atoms with Crippen LogP contribution in [0, 0.1) is 18.6 Å². The molecule has 1 aliphatic heterocycles. The number of hydrogen-bond acceptors (Lipinski definition) is 4. The number of carbonyl (C=O) groups excluding carboxylic acids is 2. The van der Waals surface area contributed by atoms with E-state index in [1.165, 1.54) is 29.2 Å². The summed E-state index contributed by atoms with van der Waals surface area (Å²) in [7, 11) is -3.29. The van der Waals surface area contributed by atoms with Crippen LogP contribution in [-0.4, -0.2) is 39.2 Å². The van der Waals surface area contributed by atoms with Crippen LogP contribution in [0.15, 0.2) is 60.7 Å². The Bertz CT molecular complexity index is 1440. The minimum atomic E-state index is -3.29. The Morgan fingerprint density at radius 2 is 1.81 bits per heavy atom. The highest BCUT2D eigenvalue weighted by atomic mass is 32.2. The van der Waals surface area contributed by atoms with E-state index in [-0.39, 0.29) is 30.1 Å². The maximum absolute atomic E-state index is 15.1. The minimum absolute atomic E-state index is 0.0156. The van der Waals surface area contributed by atoms with Gasteiger partial charge in [0.25, 0.3) is 0 Å². The van der Waals surface area contributed by atoms with Crippen LogP contribution in [0.25, 0.3) is 11.1 Å². The van der Waals surface area contributed by atoms with Crippen molar-refractivity contribution < 1.29 is 26.8 Å². The largest absolute Gasteiger partial charge is 0.326 e. The van der Waals surface area contributed by atoms with Crippen molar-refractivity contribution in [2.45, 2.75) is 25.1 Å². The Morgan fingerprint density at radius 3 is 2.50 bits per heavy atom. The lowest BCUT2D eigenvalue weighted by Crippen LogP contribution is -2.43. The van der Waals surface area contributed by atoms with Gasteiger partial charge < -0.3 is 15.5 Å². The summed E-state index contributed by atoms with van der Waals surface area (Å²) in [6.07, 6.45) is 1.38. The number of nitrogens with one attached hydrogen (secondary N) is 2. The van der Waals surface area contributed by atoms with E-state index in [2.05, 4.69) is 10.6 Å². The highest BCUT2D eigenvalue weighted by molar-refractivity contribution is 7.89. The van der Waals surface area contributed by atoms with Crippen LogP contribution in [0.4, 0.5) is 25.0 Å². The molecule has 3 amide bonds. The van der Waals surface area contributed by atoms with Crippen LogP contribution in [0.1, 0.15) is 17.5 Å². The van der Waals surface area contributed by atoms with Crippen molar-refractivity contribution in [3.8, 4) is 11.1 Å². The number of aryl methyl sites for hydroxylation is 1. The Balaban J connectivity index is 1.48. The monoisotopic (exact) mass is 513 g/mol. The van der Waals surface area contributed by atoms with Gasteiger partial charge in [0.05, 0.1) is 17.1 Å². The second-order valence-corrected chi connectivity index (χ2v) is 10.9. The van der Waals surface area contributed by atoms with E-state index < -0.39 is 39.5 Å². The third kappa shape index (κ3) is 5.71. The SMILES string of the molecule is Cc1ccc(NC(=O)N[C@@H]2CCN(c3ccc(-c4ccccc4CS(C)(=O)=O)cc3F)C2=O)c(F)c1. The minimum Gasteiger partial charge on any atom is -0.326 e. The summed E-state index contributed by atoms with van der Waals surface area (Å²) in [6, 6.07) is 13.9. The first-order chi connectivity index (χ1) is 17.0. The average Bonchev–Trinajstić information content (AvgIpc) is 3.14. The van der Waals surface area contributed by atoms with Gasteiger partial charge in [-0.2, -0.15) is 0 Å². The molecule has 3 aromatic rings. The van der Waals surface area contributed by atoms with Crippen molar-refractivity contribution in [3.05, 3.63) is 83.4 Å². The third-order valence-electron chi connectivity index (χ3n) is 5.87. The third-order valence-corrected chi connectivity index (χ3v) is 6.70. The molecule has 0 saturated carbocycles. The van der Waals surface area contributed by atoms with E-state index in [0.29, 0.717) is 22.3 Å². The van der Waals surface area contributed by atoms with Crippen LogP contribution in [-0.2, 0) is 20.4 Å². The lowest BCUT2D eigenvalue weighted by Gasteiger charge is -2.19. The molecule has 0 spiro atoms. The van der Waals surface area contributed by atoms with Gasteiger partial charge in [-0.05, 0) is 59.9 Å². The van der Waals surface area contributed by atoms with Crippen molar-refractivity contribution in [1.82, 2.24) is 5.32 Å². The zero-order valence-corrected chi connectivity index (χ0v) is 20.5. The quantitative estimate of drug-likeness (QED) is 0.510. The summed E-state index contributed by atoms with van der Waals surface area (Å²) in [5, 5.41) is 4.90. The maximum Gasteiger partial charge on any atom is 0.319 e. The van der Waals surface area contributed by atoms with Gasteiger partial charge in [-0.15, -0.1) is 0 Å². The van der Waals surface area contributed by atoms with Crippen LogP contribution in [0.3, 0.4) is 0 Å². The maximum atomic E-state index is 15.1. The Kier molecular flexibility index (Phi) is 7.07. The van der Waals surface area contributed by atoms with Gasteiger partial charge in [0.15, 0.2) is 9.84 Å². The first kappa shape index (κ1) is 25.3. The van der Waals surface area contributed by atoms with Crippen molar-refractivity contribution in [2.24, 2.45) is 0 Å². The molecular formula is C26H25F2N3O4S. The molecule has 1 atom stereocenters. The topological polar surface area (TPSA) is 95.6 Å². The number of nitrogens with zero attached hydrogens (tertiary/aromatic N) is 1. The predicted molar refractivity (Wildman–Crippen MR) is 134 cm³/mol. The number of anilines is 2. The number of sulfone groups is 1. The number of hydrogen-bond donors (Lipinski definition) is 2. The summed E-state index contributed by atoms with van der Waals surface area (Å²) in [5.41, 5.74) is 2.35. The van der Waals surface area contributed by atoms with E-state index >= 15 is 4.39 Å². The zero-order chi connectivity index (χ0) is 26.0. The molecule has 10 heteroatoms. The number of halogens is 2. The van der Waals surface area contributed by atoms with Gasteiger partial charge in [-0.1, -0.05) is 36.4 Å². The number of urea groups is 1. The van der Waals surface area contributed by atoms with E-state index in [4.69, 9.17) is 0 Å². The Morgan fingerprint density at radius 1 is 1.06 bits per heavy atom. The molecule has 0 aromatic heterocycles. The second kappa shape index (κ2) is 10.1. The van der Waals surface area contributed by atoms with Crippen LogP contribution >= 0.6 is 0 Å². The number of benzene rings is 3. The molecule has 1 fully saturated rings. The Hall–Kier alpha value is -3.79. The summed E-state index contributed by atoms with van der Waals surface area (Å²) in [5.74, 6) is -1.91. The van der Waals surface area contributed by atoms with E-state index in [1.807, 2.05) is 0 Å². The van der Waals surface area contributed by atoms with E-state index in [0.717, 1.165) is 6.26 Å². The molecule has 1 heterocycles. The van der Waals surface area contributed by atoms with Crippen molar-refractivity contribution in [2.75, 3.05) is 23.0 Å². The Labute approximate surface area is 208 Å². The number of amides is 3. The molecule has 2 N–H and O–H groups in total. The molecular weight excluding hydrogens is 488 g/mol. The molecule has 36 heavy (non-hydrogen) atoms. The molecule has 1 aliphatic rings. The normalized spacial score (nSPS) is 15.7. The van der Waals surface area contributed by atoms with Gasteiger partial charge in [-0.25, -0.2) is 22.0 Å². The molecule has 0 radical (unpaired) electrons. The molecule has 0 bridgehead atoms. The number of carbonyl (C=O) groups is 2. The first-order valence-electron chi connectivity index (χ1n) is 11.2. The summed E-state index contributed by atoms with van der Waals surface area (Å²) in [4.78, 5) is 26.5. The average molecular weight is 514 g/mol. The second-order valence-electron chi connectivity index (χ2n) is 8.81. The highest BCUT2D eigenvalue weighted by Gasteiger charge is 2.35. The van der Waals surface area contributed by atoms with E-state index in [1.54, 1.807) is 43.3 Å². The van der Waals surface area contributed by atoms with Gasteiger partial charge in [0.1, 0.15) is 17.7 Å². The highest BCUT2D eigenvalue weighted by Crippen LogP contribution is 2.31. The predicted octanol–water partition coefficient (Wildman–Crippen LogP) is 4.41. The zero-order valence-electron chi connectivity index (χ0n) is 19.7. The van der Waals surface area contributed by atoms with Gasteiger partial charge in [0, 0.05) is 12.8 Å². The first-order valence-corrected chi connectivity index (χ1v) is 13.3. The molecule has 188 valence electrons. The molecule has 1 saturated heterocycles. The summed E-state index contributed by atoms with van der Waals surface area (Å²) in [6.45, 7) is 1.91. The fourth-order valence-corrected chi connectivity index (χ4v) is 5.01. The fourth-order valence-electron chi connectivity index (χ4n) is 4.19. The lowest BCUT2D eigenvalue weighted by molar-refractivity contribution is -0.118. The van der Waals surface area contributed by atoms with Gasteiger partial charge >= 0.3 is 6.03 Å². The van der Waals surface area contributed by atoms with Crippen molar-refractivity contribution >= 4 is 33.2 Å². The molecule has 3 aromatic carbocycles. The van der Waals surface area contributed by atoms with E-state index in [9.17, 15) is 22.4 Å². The van der Waals surface area contributed by atoms with Crippen molar-refractivity contribution in [1.29, 1.82) is 0 Å². The smallest absolute Gasteiger partial charge is 0.319 e. The molecule has 7 nitrogen and oxygen atoms in total. The van der Waals surface area contributed by atoms with Crippen molar-refractivity contribution in [3.63, 3.8) is 0 Å². The molecule has 4 rings (SSSR count). The van der Waals surface area contributed by atoms with Crippen LogP contribution in [0.2, 0.25) is 0 Å². The summed E-state index contributed by atoms with van der Waals surface area (Å²) >= 11 is 0. The molecule has 0 aliphatic carbocycles. The summed E-state index contributed by atoms with van der Waals surface area (Å²) < 4.78 is 52.7. The van der Waals surface area contributed by atoms with Gasteiger partial charge in [-0.3, -0.25) is 4.79 Å². The van der Waals surface area contributed by atoms with Crippen LogP contribution < -0.4 is 15.5 Å². The van der Waals surface area contributed by atoms with Gasteiger partial charge in [0.2, 0.25) is 5.91 Å². The standard InChI is InChI=1S/C26H25F2N3O4S/c1-16-7-9-22(20(27)13-16)29-26(33)30-23-11-12-31(25(23)32)24-10-8-17(14-21(24)28)19-6-4-3-5-18(19)15-36(2,34)35/h3-10,13-14,23H,11-12,15H2,1-2H3,(H2,29,30,33)/t23-/m1/s1. The lowest BCUT2D eigenvalue weighted by atomic mass is 10.00.